The number of hydrogen-bond acceptors (Lipinski definition) is 2. The summed E-state index contributed by atoms with van der Waals surface area (Å²) < 4.78 is 5.15. The summed E-state index contributed by atoms with van der Waals surface area (Å²) in [6, 6.07) is 71.2. The van der Waals surface area contributed by atoms with Crippen LogP contribution >= 0.6 is 0 Å². The van der Waals surface area contributed by atoms with Crippen LogP contribution in [0.1, 0.15) is 105 Å². The van der Waals surface area contributed by atoms with Crippen molar-refractivity contribution in [3.05, 3.63) is 210 Å². The van der Waals surface area contributed by atoms with Crippen molar-refractivity contribution in [3.8, 4) is 67.5 Å². The highest BCUT2D eigenvalue weighted by Gasteiger charge is 2.41. The highest BCUT2D eigenvalue weighted by molar-refractivity contribution is 7.00. The monoisotopic (exact) mass is 1020 g/mol. The maximum atomic E-state index is 5.80. The molecular formula is C74H67BN4. The Morgan fingerprint density at radius 2 is 0.709 bits per heavy atom. The zero-order valence-corrected chi connectivity index (χ0v) is 47.8. The summed E-state index contributed by atoms with van der Waals surface area (Å²) in [4.78, 5) is 11.6. The number of hydrogen-bond donors (Lipinski definition) is 0. The molecule has 9 aromatic carbocycles. The number of para-hydroxylation sites is 2. The highest BCUT2D eigenvalue weighted by Crippen LogP contribution is 2.44. The van der Waals surface area contributed by atoms with E-state index in [4.69, 9.17) is 9.97 Å². The number of rotatable bonds is 5. The molecule has 0 N–H and O–H groups in total. The third kappa shape index (κ3) is 7.86. The van der Waals surface area contributed by atoms with Gasteiger partial charge in [-0.05, 0) is 149 Å². The summed E-state index contributed by atoms with van der Waals surface area (Å²) in [6.45, 7) is 27.8. The van der Waals surface area contributed by atoms with Crippen molar-refractivity contribution < 1.29 is 0 Å². The third-order valence-corrected chi connectivity index (χ3v) is 17.3. The molecule has 386 valence electrons. The zero-order chi connectivity index (χ0) is 54.7. The first kappa shape index (κ1) is 49.1. The Morgan fingerprint density at radius 3 is 1.09 bits per heavy atom. The van der Waals surface area contributed by atoms with Crippen LogP contribution < -0.4 is 16.4 Å². The third-order valence-electron chi connectivity index (χ3n) is 17.3. The molecule has 4 nitrogen and oxygen atoms in total. The Balaban J connectivity index is 1.11. The number of benzene rings is 9. The van der Waals surface area contributed by atoms with E-state index < -0.39 is 0 Å². The average molecular weight is 1020 g/mol. The van der Waals surface area contributed by atoms with E-state index in [1.807, 2.05) is 0 Å². The first-order valence-electron chi connectivity index (χ1n) is 28.3. The fraction of sp³-hybridized carbons (Fsp3) is 0.216. The van der Waals surface area contributed by atoms with Gasteiger partial charge in [-0.25, -0.2) is 9.97 Å². The van der Waals surface area contributed by atoms with Crippen LogP contribution in [0, 0.1) is 0 Å². The van der Waals surface area contributed by atoms with Crippen LogP contribution in [-0.2, 0) is 21.7 Å². The quantitative estimate of drug-likeness (QED) is 0.161. The van der Waals surface area contributed by atoms with Gasteiger partial charge >= 0.3 is 0 Å². The van der Waals surface area contributed by atoms with Crippen LogP contribution in [0.2, 0.25) is 0 Å². The molecular weight excluding hydrogens is 956 g/mol. The lowest BCUT2D eigenvalue weighted by molar-refractivity contribution is 0.568. The summed E-state index contributed by atoms with van der Waals surface area (Å²) in [5.41, 5.74) is 25.9. The smallest absolute Gasteiger partial charge is 0.252 e. The minimum atomic E-state index is -0.0822. The van der Waals surface area contributed by atoms with Gasteiger partial charge in [0.05, 0.1) is 22.4 Å². The molecule has 5 heterocycles. The topological polar surface area (TPSA) is 35.6 Å². The second kappa shape index (κ2) is 17.1. The van der Waals surface area contributed by atoms with Crippen LogP contribution in [0.4, 0.5) is 0 Å². The van der Waals surface area contributed by atoms with Gasteiger partial charge < -0.3 is 9.13 Å². The summed E-state index contributed by atoms with van der Waals surface area (Å²) >= 11 is 0. The van der Waals surface area contributed by atoms with Crippen LogP contribution in [-0.4, -0.2) is 25.8 Å². The van der Waals surface area contributed by atoms with E-state index in [2.05, 4.69) is 280 Å². The van der Waals surface area contributed by atoms with Crippen LogP contribution in [0.5, 0.6) is 0 Å². The molecule has 0 radical (unpaired) electrons. The molecule has 2 aliphatic heterocycles. The molecule has 0 fully saturated rings. The molecule has 0 saturated heterocycles. The molecule has 0 bridgehead atoms. The number of fused-ring (bicyclic) bond motifs is 10. The van der Waals surface area contributed by atoms with E-state index in [0.29, 0.717) is 5.82 Å². The Labute approximate surface area is 465 Å². The second-order valence-corrected chi connectivity index (χ2v) is 26.8. The van der Waals surface area contributed by atoms with Crippen molar-refractivity contribution in [2.24, 2.45) is 0 Å². The van der Waals surface area contributed by atoms with Crippen molar-refractivity contribution in [1.82, 2.24) is 19.1 Å². The van der Waals surface area contributed by atoms with Crippen LogP contribution in [0.15, 0.2) is 188 Å². The number of nitrogens with zero attached hydrogens (tertiary/aromatic N) is 4. The van der Waals surface area contributed by atoms with E-state index in [1.165, 1.54) is 116 Å². The van der Waals surface area contributed by atoms with Gasteiger partial charge in [0.25, 0.3) is 6.71 Å². The molecule has 2 aliphatic rings. The molecule has 0 spiro atoms. The van der Waals surface area contributed by atoms with Crippen molar-refractivity contribution in [1.29, 1.82) is 0 Å². The zero-order valence-electron chi connectivity index (χ0n) is 47.8. The maximum Gasteiger partial charge on any atom is 0.252 e. The van der Waals surface area contributed by atoms with Gasteiger partial charge in [0.1, 0.15) is 0 Å². The van der Waals surface area contributed by atoms with Gasteiger partial charge in [0.2, 0.25) is 0 Å². The van der Waals surface area contributed by atoms with Crippen molar-refractivity contribution in [2.45, 2.75) is 105 Å². The maximum absolute atomic E-state index is 5.80. The van der Waals surface area contributed by atoms with Crippen molar-refractivity contribution >= 4 is 66.7 Å². The van der Waals surface area contributed by atoms with E-state index in [0.717, 1.165) is 28.1 Å². The van der Waals surface area contributed by atoms with Gasteiger partial charge in [0, 0.05) is 60.6 Å². The lowest BCUT2D eigenvalue weighted by Crippen LogP contribution is -2.59. The van der Waals surface area contributed by atoms with Gasteiger partial charge in [-0.15, -0.1) is 0 Å². The lowest BCUT2D eigenvalue weighted by atomic mass is 9.34. The first-order chi connectivity index (χ1) is 37.7. The number of aromatic nitrogens is 4. The summed E-state index contributed by atoms with van der Waals surface area (Å²) in [5, 5.41) is 5.01. The average Bonchev–Trinajstić information content (AvgIpc) is 4.20. The van der Waals surface area contributed by atoms with Gasteiger partial charge in [-0.1, -0.05) is 204 Å². The summed E-state index contributed by atoms with van der Waals surface area (Å²) in [6.07, 6.45) is 0. The van der Waals surface area contributed by atoms with E-state index in [1.54, 1.807) is 0 Å². The fourth-order valence-electron chi connectivity index (χ4n) is 12.8. The molecule has 79 heavy (non-hydrogen) atoms. The summed E-state index contributed by atoms with van der Waals surface area (Å²) in [5.74, 6) is 0.705. The lowest BCUT2D eigenvalue weighted by Gasteiger charge is -2.34. The van der Waals surface area contributed by atoms with Crippen LogP contribution in [0.3, 0.4) is 0 Å². The SMILES string of the molecule is CC(C)(C)c1cc(-c2cc(-c3cc(C(C)(C)C)cc(C(C)(C)C)c3)nc(-c3cc4c5c(c3)-n3c6ccc(-c7ccccc7)cc6c6cccc(c63)B5c3cccc5c6cc(-c7ccccc7)ccc6n-4c35)n2)cc(C(C)(C)C)c1. The summed E-state index contributed by atoms with van der Waals surface area (Å²) in [7, 11) is 0. The minimum Gasteiger partial charge on any atom is -0.310 e. The molecule has 0 aliphatic carbocycles. The standard InChI is InChI=1S/C74H67BN4/c1-71(2,3)51-33-48(34-52(41-51)72(4,5)6)61-43-62(49-35-53(73(7,8)9)42-54(36-49)74(10,11)12)77-70(76-61)50-39-65-67-66(40-50)79-64-32-30-47(45-23-17-14-18-24-45)38-58(64)56-26-20-28-60(69(56)79)75(67)59-27-19-25-55-57-37-46(44-21-15-13-16-22-44)29-31-63(57)78(65)68(55)59/h13-43H,1-12H3. The second-order valence-electron chi connectivity index (χ2n) is 26.8. The largest absolute Gasteiger partial charge is 0.310 e. The predicted octanol–water partition coefficient (Wildman–Crippen LogP) is 17.3. The fourth-order valence-corrected chi connectivity index (χ4v) is 12.8. The van der Waals surface area contributed by atoms with Crippen molar-refractivity contribution in [3.63, 3.8) is 0 Å². The Hall–Kier alpha value is -8.28. The van der Waals surface area contributed by atoms with Crippen LogP contribution in [0.25, 0.3) is 111 Å². The molecule has 0 atom stereocenters. The minimum absolute atomic E-state index is 0.0167. The predicted molar refractivity (Wildman–Crippen MR) is 337 cm³/mol. The highest BCUT2D eigenvalue weighted by atomic mass is 15.0. The molecule has 0 amide bonds. The Morgan fingerprint density at radius 1 is 0.316 bits per heavy atom. The molecule has 0 saturated carbocycles. The Kier molecular flexibility index (Phi) is 10.6. The van der Waals surface area contributed by atoms with Gasteiger partial charge in [0.15, 0.2) is 5.82 Å². The van der Waals surface area contributed by atoms with Gasteiger partial charge in [-0.3, -0.25) is 0 Å². The Bertz CT molecular complexity index is 4160. The molecule has 14 rings (SSSR count). The van der Waals surface area contributed by atoms with E-state index >= 15 is 0 Å². The molecule has 3 aromatic heterocycles. The van der Waals surface area contributed by atoms with Gasteiger partial charge in [-0.2, -0.15) is 0 Å². The molecule has 0 unspecified atom stereocenters. The normalized spacial score (nSPS) is 13.3. The first-order valence-corrected chi connectivity index (χ1v) is 28.3. The molecule has 12 aromatic rings. The molecule has 5 heteroatoms. The van der Waals surface area contributed by atoms with E-state index in [9.17, 15) is 0 Å². The van der Waals surface area contributed by atoms with Crippen molar-refractivity contribution in [2.75, 3.05) is 0 Å². The van der Waals surface area contributed by atoms with E-state index in [-0.39, 0.29) is 28.4 Å².